The van der Waals surface area contributed by atoms with Crippen molar-refractivity contribution in [3.05, 3.63) is 0 Å². The lowest BCUT2D eigenvalue weighted by Crippen LogP contribution is -2.34. The normalized spacial score (nSPS) is 17.6. The van der Waals surface area contributed by atoms with E-state index in [9.17, 15) is 5.11 Å². The number of rotatable bonds is 5. The fourth-order valence-corrected chi connectivity index (χ4v) is 5.05. The van der Waals surface area contributed by atoms with Crippen molar-refractivity contribution >= 4 is 7.92 Å². The maximum absolute atomic E-state index is 9.62. The Kier molecular flexibility index (Phi) is 5.97. The van der Waals surface area contributed by atoms with Crippen LogP contribution in [0.3, 0.4) is 0 Å². The average molecular weight is 246 g/mol. The van der Waals surface area contributed by atoms with Crippen molar-refractivity contribution in [3.63, 3.8) is 0 Å². The minimum Gasteiger partial charge on any atom is -0.393 e. The van der Waals surface area contributed by atoms with Gasteiger partial charge in [-0.25, -0.2) is 0 Å². The lowest BCUT2D eigenvalue weighted by atomic mass is 9.76. The topological polar surface area (TPSA) is 20.2 Å². The van der Waals surface area contributed by atoms with E-state index in [0.29, 0.717) is 5.41 Å². The zero-order valence-corrected chi connectivity index (χ0v) is 13.4. The minimum atomic E-state index is -0.188. The quantitative estimate of drug-likeness (QED) is 0.716. The molecule has 1 N–H and O–H groups in total. The highest BCUT2D eigenvalue weighted by Crippen LogP contribution is 2.50. The molecular weight excluding hydrogens is 215 g/mol. The van der Waals surface area contributed by atoms with E-state index in [2.05, 4.69) is 47.9 Å². The minimum absolute atomic E-state index is 0.0420. The molecule has 0 aliphatic heterocycles. The molecule has 0 aromatic carbocycles. The van der Waals surface area contributed by atoms with Gasteiger partial charge in [0, 0.05) is 0 Å². The van der Waals surface area contributed by atoms with Crippen molar-refractivity contribution in [2.75, 3.05) is 13.3 Å². The Morgan fingerprint density at radius 3 is 1.69 bits per heavy atom. The van der Waals surface area contributed by atoms with Crippen LogP contribution in [-0.4, -0.2) is 30.2 Å². The van der Waals surface area contributed by atoms with Gasteiger partial charge >= 0.3 is 0 Å². The summed E-state index contributed by atoms with van der Waals surface area (Å²) >= 11 is 0. The van der Waals surface area contributed by atoms with Crippen LogP contribution in [-0.2, 0) is 0 Å². The summed E-state index contributed by atoms with van der Waals surface area (Å²) in [6, 6.07) is 0. The summed E-state index contributed by atoms with van der Waals surface area (Å²) in [6.45, 7) is 18.2. The Bertz CT molecular complexity index is 201. The summed E-state index contributed by atoms with van der Waals surface area (Å²) in [5, 5.41) is 9.62. The summed E-state index contributed by atoms with van der Waals surface area (Å²) in [7, 11) is 0.0420. The van der Waals surface area contributed by atoms with Crippen LogP contribution < -0.4 is 0 Å². The largest absolute Gasteiger partial charge is 0.393 e. The van der Waals surface area contributed by atoms with Gasteiger partial charge in [0.25, 0.3) is 0 Å². The van der Waals surface area contributed by atoms with E-state index in [0.717, 1.165) is 12.1 Å². The molecule has 2 heteroatoms. The third-order valence-corrected chi connectivity index (χ3v) is 5.28. The lowest BCUT2D eigenvalue weighted by Gasteiger charge is -2.41. The highest BCUT2D eigenvalue weighted by atomic mass is 31.1. The molecule has 0 spiro atoms. The average Bonchev–Trinajstić information content (AvgIpc) is 1.95. The molecule has 0 saturated heterocycles. The predicted molar refractivity (Wildman–Crippen MR) is 76.7 cm³/mol. The van der Waals surface area contributed by atoms with E-state index >= 15 is 0 Å². The fourth-order valence-electron chi connectivity index (χ4n) is 2.64. The summed E-state index contributed by atoms with van der Waals surface area (Å²) in [4.78, 5) is 0. The molecule has 0 heterocycles. The molecule has 16 heavy (non-hydrogen) atoms. The van der Waals surface area contributed by atoms with Crippen LogP contribution in [0.15, 0.2) is 0 Å². The Balaban J connectivity index is 4.76. The first-order valence-corrected chi connectivity index (χ1v) is 8.61. The smallest absolute Gasteiger partial charge is 0.0517 e. The van der Waals surface area contributed by atoms with Gasteiger partial charge in [0.15, 0.2) is 0 Å². The molecular formula is C14H31OP. The van der Waals surface area contributed by atoms with Crippen molar-refractivity contribution < 1.29 is 5.11 Å². The SMILES string of the molecule is CC(O)CC(C)(C)C(CC(C)(C)C)P(C)C. The van der Waals surface area contributed by atoms with Crippen molar-refractivity contribution in [1.29, 1.82) is 0 Å². The molecule has 0 amide bonds. The molecule has 0 aromatic heterocycles. The van der Waals surface area contributed by atoms with Crippen molar-refractivity contribution in [3.8, 4) is 0 Å². The first kappa shape index (κ1) is 16.4. The van der Waals surface area contributed by atoms with E-state index in [4.69, 9.17) is 0 Å². The molecule has 0 bridgehead atoms. The first-order valence-electron chi connectivity index (χ1n) is 6.30. The van der Waals surface area contributed by atoms with Crippen LogP contribution in [0.2, 0.25) is 0 Å². The van der Waals surface area contributed by atoms with E-state index in [1.807, 2.05) is 6.92 Å². The van der Waals surface area contributed by atoms with Gasteiger partial charge in [-0.05, 0) is 49.6 Å². The Morgan fingerprint density at radius 1 is 1.00 bits per heavy atom. The van der Waals surface area contributed by atoms with E-state index in [1.165, 1.54) is 6.42 Å². The molecule has 0 aliphatic rings. The molecule has 0 rings (SSSR count). The van der Waals surface area contributed by atoms with Crippen LogP contribution >= 0.6 is 7.92 Å². The number of aliphatic hydroxyl groups is 1. The molecule has 0 aliphatic carbocycles. The van der Waals surface area contributed by atoms with Crippen LogP contribution in [0.4, 0.5) is 0 Å². The molecule has 0 aromatic rings. The molecule has 2 unspecified atom stereocenters. The molecule has 0 radical (unpaired) electrons. The van der Waals surface area contributed by atoms with Gasteiger partial charge in [-0.15, -0.1) is 7.92 Å². The van der Waals surface area contributed by atoms with Gasteiger partial charge in [-0.3, -0.25) is 0 Å². The number of hydrogen-bond donors (Lipinski definition) is 1. The van der Waals surface area contributed by atoms with Crippen molar-refractivity contribution in [2.45, 2.75) is 66.1 Å². The molecule has 98 valence electrons. The van der Waals surface area contributed by atoms with E-state index in [-0.39, 0.29) is 19.4 Å². The third-order valence-electron chi connectivity index (χ3n) is 3.15. The Hall–Kier alpha value is 0.390. The first-order chi connectivity index (χ1) is 6.96. The van der Waals surface area contributed by atoms with E-state index < -0.39 is 0 Å². The highest BCUT2D eigenvalue weighted by molar-refractivity contribution is 7.56. The molecule has 1 nitrogen and oxygen atoms in total. The monoisotopic (exact) mass is 246 g/mol. The Morgan fingerprint density at radius 2 is 1.44 bits per heavy atom. The third kappa shape index (κ3) is 6.21. The molecule has 0 saturated carbocycles. The molecule has 2 atom stereocenters. The summed E-state index contributed by atoms with van der Waals surface area (Å²) in [6.07, 6.45) is 1.98. The second kappa shape index (κ2) is 5.83. The summed E-state index contributed by atoms with van der Waals surface area (Å²) < 4.78 is 0. The number of hydrogen-bond acceptors (Lipinski definition) is 1. The maximum Gasteiger partial charge on any atom is 0.0517 e. The van der Waals surface area contributed by atoms with Crippen LogP contribution in [0.5, 0.6) is 0 Å². The molecule has 0 fully saturated rings. The highest BCUT2D eigenvalue weighted by Gasteiger charge is 2.35. The van der Waals surface area contributed by atoms with Gasteiger partial charge in [-0.2, -0.15) is 0 Å². The zero-order valence-electron chi connectivity index (χ0n) is 12.5. The van der Waals surface area contributed by atoms with Gasteiger partial charge in [0.2, 0.25) is 0 Å². The van der Waals surface area contributed by atoms with Gasteiger partial charge in [-0.1, -0.05) is 34.6 Å². The van der Waals surface area contributed by atoms with Gasteiger partial charge in [0.05, 0.1) is 6.10 Å². The van der Waals surface area contributed by atoms with Gasteiger partial charge in [0.1, 0.15) is 0 Å². The Labute approximate surface area is 104 Å². The lowest BCUT2D eigenvalue weighted by molar-refractivity contribution is 0.119. The van der Waals surface area contributed by atoms with Crippen LogP contribution in [0, 0.1) is 10.8 Å². The summed E-state index contributed by atoms with van der Waals surface area (Å²) in [5.74, 6) is 0. The second-order valence-electron chi connectivity index (χ2n) is 7.29. The number of aliphatic hydroxyl groups excluding tert-OH is 1. The fraction of sp³-hybridized carbons (Fsp3) is 1.00. The van der Waals surface area contributed by atoms with Crippen LogP contribution in [0.25, 0.3) is 0 Å². The van der Waals surface area contributed by atoms with E-state index in [1.54, 1.807) is 0 Å². The zero-order chi connectivity index (χ0) is 13.1. The van der Waals surface area contributed by atoms with Crippen LogP contribution in [0.1, 0.15) is 54.4 Å². The summed E-state index contributed by atoms with van der Waals surface area (Å²) in [5.41, 5.74) is 1.36. The second-order valence-corrected chi connectivity index (χ2v) is 9.84. The standard InChI is InChI=1S/C14H31OP/c1-11(15)9-14(5,6)12(16(7)8)10-13(2,3)4/h11-12,15H,9-10H2,1-8H3. The van der Waals surface area contributed by atoms with Crippen molar-refractivity contribution in [1.82, 2.24) is 0 Å². The van der Waals surface area contributed by atoms with Crippen molar-refractivity contribution in [2.24, 2.45) is 10.8 Å². The van der Waals surface area contributed by atoms with Gasteiger partial charge < -0.3 is 5.11 Å². The predicted octanol–water partition coefficient (Wildman–Crippen LogP) is 4.33. The maximum atomic E-state index is 9.62.